The van der Waals surface area contributed by atoms with Gasteiger partial charge in [0.25, 0.3) is 0 Å². The van der Waals surface area contributed by atoms with Crippen LogP contribution < -0.4 is 0 Å². The average Bonchev–Trinajstić information content (AvgIpc) is 2.08. The van der Waals surface area contributed by atoms with E-state index in [2.05, 4.69) is 4.98 Å². The zero-order valence-corrected chi connectivity index (χ0v) is 7.53. The van der Waals surface area contributed by atoms with Crippen molar-refractivity contribution in [1.29, 1.82) is 0 Å². The maximum absolute atomic E-state index is 10.4. The maximum Gasteiger partial charge on any atom is 0.337 e. The molecule has 0 bridgehead atoms. The number of carboxylic acid groups (broad SMARTS) is 1. The summed E-state index contributed by atoms with van der Waals surface area (Å²) >= 11 is 0. The predicted molar refractivity (Wildman–Crippen MR) is 47.3 cm³/mol. The lowest BCUT2D eigenvalue weighted by molar-refractivity contribution is 0.0695. The van der Waals surface area contributed by atoms with E-state index < -0.39 is 5.97 Å². The Bertz CT molecular complexity index is 258. The van der Waals surface area contributed by atoms with Gasteiger partial charge in [0.05, 0.1) is 11.3 Å². The molecular weight excluding hydrogens is 154 g/mol. The standard InChI is InChI=1S/C7H7NO2.C2H6/c1-5-6(7(9)10)3-2-4-8-5;1-2/h2-4H,1H3,(H,9,10);1-2H3. The molecule has 0 aliphatic carbocycles. The highest BCUT2D eigenvalue weighted by molar-refractivity contribution is 5.88. The number of nitrogens with zero attached hydrogens (tertiary/aromatic N) is 1. The highest BCUT2D eigenvalue weighted by Gasteiger charge is 2.04. The Morgan fingerprint density at radius 3 is 2.42 bits per heavy atom. The van der Waals surface area contributed by atoms with Crippen molar-refractivity contribution in [3.8, 4) is 0 Å². The molecule has 1 N–H and O–H groups in total. The van der Waals surface area contributed by atoms with Crippen LogP contribution in [-0.4, -0.2) is 16.1 Å². The third kappa shape index (κ3) is 2.70. The molecule has 1 rings (SSSR count). The summed E-state index contributed by atoms with van der Waals surface area (Å²) < 4.78 is 0. The van der Waals surface area contributed by atoms with E-state index >= 15 is 0 Å². The van der Waals surface area contributed by atoms with E-state index in [0.29, 0.717) is 5.69 Å². The molecule has 0 saturated heterocycles. The molecule has 3 nitrogen and oxygen atoms in total. The summed E-state index contributed by atoms with van der Waals surface area (Å²) in [5, 5.41) is 8.53. The van der Waals surface area contributed by atoms with Crippen molar-refractivity contribution in [3.63, 3.8) is 0 Å². The molecule has 0 aromatic carbocycles. The van der Waals surface area contributed by atoms with Crippen LogP contribution in [0.15, 0.2) is 18.3 Å². The summed E-state index contributed by atoms with van der Waals surface area (Å²) in [7, 11) is 0. The first-order chi connectivity index (χ1) is 5.72. The first-order valence-corrected chi connectivity index (χ1v) is 3.86. The molecule has 0 atom stereocenters. The minimum absolute atomic E-state index is 0.266. The van der Waals surface area contributed by atoms with Crippen LogP contribution in [0.5, 0.6) is 0 Å². The van der Waals surface area contributed by atoms with Gasteiger partial charge >= 0.3 is 5.97 Å². The van der Waals surface area contributed by atoms with E-state index in [0.717, 1.165) is 0 Å². The summed E-state index contributed by atoms with van der Waals surface area (Å²) in [4.78, 5) is 14.2. The lowest BCUT2D eigenvalue weighted by Crippen LogP contribution is -2.00. The predicted octanol–water partition coefficient (Wildman–Crippen LogP) is 2.11. The van der Waals surface area contributed by atoms with Crippen molar-refractivity contribution in [2.45, 2.75) is 20.8 Å². The third-order valence-electron chi connectivity index (χ3n) is 1.24. The lowest BCUT2D eigenvalue weighted by Gasteiger charge is -1.95. The van der Waals surface area contributed by atoms with Crippen LogP contribution in [0, 0.1) is 6.92 Å². The van der Waals surface area contributed by atoms with E-state index in [1.807, 2.05) is 13.8 Å². The summed E-state index contributed by atoms with van der Waals surface area (Å²) in [5.74, 6) is -0.925. The average molecular weight is 167 g/mol. The molecule has 0 radical (unpaired) electrons. The molecule has 0 amide bonds. The fraction of sp³-hybridized carbons (Fsp3) is 0.333. The number of hydrogen-bond acceptors (Lipinski definition) is 2. The molecule has 1 heterocycles. The number of carboxylic acids is 1. The number of aryl methyl sites for hydroxylation is 1. The summed E-state index contributed by atoms with van der Waals surface area (Å²) in [5.41, 5.74) is 0.817. The smallest absolute Gasteiger partial charge is 0.337 e. The van der Waals surface area contributed by atoms with Gasteiger partial charge in [0.1, 0.15) is 0 Å². The number of pyridine rings is 1. The number of aromatic nitrogens is 1. The van der Waals surface area contributed by atoms with Crippen molar-refractivity contribution < 1.29 is 9.90 Å². The minimum atomic E-state index is -0.925. The Kier molecular flexibility index (Phi) is 4.69. The van der Waals surface area contributed by atoms with E-state index in [4.69, 9.17) is 5.11 Å². The van der Waals surface area contributed by atoms with Crippen LogP contribution in [0.4, 0.5) is 0 Å². The molecule has 0 saturated carbocycles. The Balaban J connectivity index is 0.000000561. The minimum Gasteiger partial charge on any atom is -0.478 e. The Hall–Kier alpha value is -1.38. The largest absolute Gasteiger partial charge is 0.478 e. The second kappa shape index (κ2) is 5.29. The maximum atomic E-state index is 10.4. The van der Waals surface area contributed by atoms with Gasteiger partial charge in [-0.15, -0.1) is 0 Å². The first kappa shape index (κ1) is 10.6. The van der Waals surface area contributed by atoms with Crippen molar-refractivity contribution >= 4 is 5.97 Å². The van der Waals surface area contributed by atoms with Gasteiger partial charge in [0.2, 0.25) is 0 Å². The van der Waals surface area contributed by atoms with Gasteiger partial charge in [0.15, 0.2) is 0 Å². The van der Waals surface area contributed by atoms with Crippen LogP contribution in [0.25, 0.3) is 0 Å². The Morgan fingerprint density at radius 1 is 1.50 bits per heavy atom. The van der Waals surface area contributed by atoms with Gasteiger partial charge < -0.3 is 5.11 Å². The molecule has 0 aliphatic rings. The summed E-state index contributed by atoms with van der Waals surface area (Å²) in [6, 6.07) is 3.14. The molecular formula is C9H13NO2. The van der Waals surface area contributed by atoms with E-state index in [9.17, 15) is 4.79 Å². The number of hydrogen-bond donors (Lipinski definition) is 1. The van der Waals surface area contributed by atoms with Gasteiger partial charge in [-0.3, -0.25) is 4.98 Å². The van der Waals surface area contributed by atoms with Crippen LogP contribution >= 0.6 is 0 Å². The molecule has 66 valence electrons. The lowest BCUT2D eigenvalue weighted by atomic mass is 10.2. The second-order valence-corrected chi connectivity index (χ2v) is 1.94. The molecule has 1 aromatic heterocycles. The SMILES string of the molecule is CC.Cc1ncccc1C(=O)O. The number of rotatable bonds is 1. The molecule has 1 aromatic rings. The van der Waals surface area contributed by atoms with Crippen LogP contribution in [0.2, 0.25) is 0 Å². The second-order valence-electron chi connectivity index (χ2n) is 1.94. The van der Waals surface area contributed by atoms with E-state index in [-0.39, 0.29) is 5.56 Å². The number of carbonyl (C=O) groups is 1. The molecule has 12 heavy (non-hydrogen) atoms. The molecule has 3 heteroatoms. The quantitative estimate of drug-likeness (QED) is 0.696. The molecule has 0 aliphatic heterocycles. The zero-order chi connectivity index (χ0) is 9.56. The normalized spacial score (nSPS) is 8.25. The Labute approximate surface area is 72.1 Å². The van der Waals surface area contributed by atoms with E-state index in [1.165, 1.54) is 6.07 Å². The van der Waals surface area contributed by atoms with Gasteiger partial charge in [-0.1, -0.05) is 13.8 Å². The van der Waals surface area contributed by atoms with Crippen LogP contribution in [0.1, 0.15) is 29.9 Å². The van der Waals surface area contributed by atoms with Crippen LogP contribution in [0.3, 0.4) is 0 Å². The van der Waals surface area contributed by atoms with E-state index in [1.54, 1.807) is 19.2 Å². The first-order valence-electron chi connectivity index (χ1n) is 3.86. The molecule has 0 spiro atoms. The van der Waals surface area contributed by atoms with Gasteiger partial charge in [-0.2, -0.15) is 0 Å². The highest BCUT2D eigenvalue weighted by Crippen LogP contribution is 2.01. The van der Waals surface area contributed by atoms with Crippen molar-refractivity contribution in [2.24, 2.45) is 0 Å². The summed E-state index contributed by atoms with van der Waals surface area (Å²) in [6.45, 7) is 5.67. The highest BCUT2D eigenvalue weighted by atomic mass is 16.4. The molecule has 0 unspecified atom stereocenters. The monoisotopic (exact) mass is 167 g/mol. The van der Waals surface area contributed by atoms with Crippen molar-refractivity contribution in [3.05, 3.63) is 29.6 Å². The fourth-order valence-corrected chi connectivity index (χ4v) is 0.710. The fourth-order valence-electron chi connectivity index (χ4n) is 0.710. The van der Waals surface area contributed by atoms with Crippen LogP contribution in [-0.2, 0) is 0 Å². The molecule has 0 fully saturated rings. The zero-order valence-electron chi connectivity index (χ0n) is 7.53. The number of aromatic carboxylic acids is 1. The topological polar surface area (TPSA) is 50.2 Å². The summed E-state index contributed by atoms with van der Waals surface area (Å²) in [6.07, 6.45) is 1.57. The van der Waals surface area contributed by atoms with Gasteiger partial charge in [-0.25, -0.2) is 4.79 Å². The van der Waals surface area contributed by atoms with Crippen molar-refractivity contribution in [2.75, 3.05) is 0 Å². The Morgan fingerprint density at radius 2 is 2.08 bits per heavy atom. The third-order valence-corrected chi connectivity index (χ3v) is 1.24. The van der Waals surface area contributed by atoms with Crippen molar-refractivity contribution in [1.82, 2.24) is 4.98 Å². The van der Waals surface area contributed by atoms with Gasteiger partial charge in [0, 0.05) is 6.20 Å². The van der Waals surface area contributed by atoms with Gasteiger partial charge in [-0.05, 0) is 19.1 Å².